The largest absolute Gasteiger partial charge is 0.451 e. The molecule has 2 N–H and O–H groups in total. The molecule has 0 radical (unpaired) electrons. The van der Waals surface area contributed by atoms with Gasteiger partial charge >= 0.3 is 6.18 Å². The first-order chi connectivity index (χ1) is 11.4. The minimum atomic E-state index is -4.65. The van der Waals surface area contributed by atoms with Crippen LogP contribution in [0.1, 0.15) is 25.1 Å². The van der Waals surface area contributed by atoms with Crippen LogP contribution in [0.3, 0.4) is 0 Å². The van der Waals surface area contributed by atoms with Crippen LogP contribution >= 0.6 is 0 Å². The molecule has 2 aliphatic rings. The lowest BCUT2D eigenvalue weighted by Gasteiger charge is -2.51. The number of H-pyrrole nitrogens is 1. The molecule has 24 heavy (non-hydrogen) atoms. The van der Waals surface area contributed by atoms with Gasteiger partial charge in [-0.3, -0.25) is 0 Å². The third-order valence-electron chi connectivity index (χ3n) is 4.61. The number of aromatic amines is 1. The molecule has 1 unspecified atom stereocenters. The lowest BCUT2D eigenvalue weighted by molar-refractivity contribution is -0.159. The second kappa shape index (κ2) is 5.28. The van der Waals surface area contributed by atoms with Crippen molar-refractivity contribution in [1.82, 2.24) is 19.9 Å². The molecule has 1 saturated carbocycles. The Bertz CT molecular complexity index is 758. The number of rotatable bonds is 2. The minimum Gasteiger partial charge on any atom is -0.394 e. The van der Waals surface area contributed by atoms with Gasteiger partial charge in [0.05, 0.1) is 24.6 Å². The fourth-order valence-electron chi connectivity index (χ4n) is 3.36. The smallest absolute Gasteiger partial charge is 0.394 e. The van der Waals surface area contributed by atoms with Gasteiger partial charge in [0.25, 0.3) is 0 Å². The van der Waals surface area contributed by atoms with E-state index >= 15 is 0 Å². The lowest BCUT2D eigenvalue weighted by Crippen LogP contribution is -2.60. The summed E-state index contributed by atoms with van der Waals surface area (Å²) >= 11 is 0. The Morgan fingerprint density at radius 2 is 2.17 bits per heavy atom. The van der Waals surface area contributed by atoms with E-state index in [1.54, 1.807) is 4.90 Å². The van der Waals surface area contributed by atoms with Crippen LogP contribution in [-0.2, 0) is 10.9 Å². The number of ether oxygens (including phenoxy) is 1. The molecular formula is C14H16F3N5O2. The molecule has 1 aliphatic heterocycles. The molecule has 3 heterocycles. The molecule has 2 fully saturated rings. The van der Waals surface area contributed by atoms with Gasteiger partial charge in [-0.05, 0) is 19.3 Å². The van der Waals surface area contributed by atoms with Crippen molar-refractivity contribution in [3.05, 3.63) is 12.2 Å². The molecule has 4 rings (SSSR count). The first kappa shape index (κ1) is 15.6. The van der Waals surface area contributed by atoms with E-state index < -0.39 is 23.7 Å². The molecule has 2 aromatic rings. The Hall–Kier alpha value is -1.94. The number of aliphatic hydroxyl groups is 1. The Labute approximate surface area is 134 Å². The minimum absolute atomic E-state index is 0.0259. The highest BCUT2D eigenvalue weighted by Crippen LogP contribution is 2.41. The molecule has 1 atom stereocenters. The number of nitrogens with zero attached hydrogens (tertiary/aromatic N) is 4. The van der Waals surface area contributed by atoms with Crippen molar-refractivity contribution >= 4 is 17.0 Å². The fraction of sp³-hybridized carbons (Fsp3) is 0.643. The van der Waals surface area contributed by atoms with E-state index in [0.29, 0.717) is 12.1 Å². The van der Waals surface area contributed by atoms with Crippen LogP contribution in [0.15, 0.2) is 6.33 Å². The molecule has 1 aliphatic carbocycles. The SMILES string of the molecule is OCC1CN(c2nc(C(F)(F)F)nc3nc[nH]c23)CC2(CCC2)O1. The van der Waals surface area contributed by atoms with Crippen LogP contribution in [0.5, 0.6) is 0 Å². The van der Waals surface area contributed by atoms with E-state index in [4.69, 9.17) is 4.74 Å². The van der Waals surface area contributed by atoms with Crippen molar-refractivity contribution in [1.29, 1.82) is 0 Å². The molecule has 7 nitrogen and oxygen atoms in total. The van der Waals surface area contributed by atoms with Gasteiger partial charge < -0.3 is 19.7 Å². The molecule has 0 aromatic carbocycles. The summed E-state index contributed by atoms with van der Waals surface area (Å²) in [5, 5.41) is 9.48. The number of aromatic nitrogens is 4. The Morgan fingerprint density at radius 1 is 1.38 bits per heavy atom. The van der Waals surface area contributed by atoms with Gasteiger partial charge in [-0.25, -0.2) is 15.0 Å². The number of fused-ring (bicyclic) bond motifs is 1. The third kappa shape index (κ3) is 2.49. The summed E-state index contributed by atoms with van der Waals surface area (Å²) in [5.74, 6) is -1.07. The highest BCUT2D eigenvalue weighted by Gasteiger charge is 2.46. The van der Waals surface area contributed by atoms with E-state index in [1.807, 2.05) is 0 Å². The number of morpholine rings is 1. The number of anilines is 1. The van der Waals surface area contributed by atoms with Gasteiger partial charge in [-0.15, -0.1) is 0 Å². The van der Waals surface area contributed by atoms with Crippen molar-refractivity contribution in [3.63, 3.8) is 0 Å². The zero-order chi connectivity index (χ0) is 16.9. The number of hydrogen-bond acceptors (Lipinski definition) is 6. The van der Waals surface area contributed by atoms with Crippen molar-refractivity contribution in [2.75, 3.05) is 24.6 Å². The van der Waals surface area contributed by atoms with Crippen molar-refractivity contribution < 1.29 is 23.0 Å². The first-order valence-electron chi connectivity index (χ1n) is 7.72. The molecule has 0 bridgehead atoms. The predicted molar refractivity (Wildman–Crippen MR) is 77.4 cm³/mol. The van der Waals surface area contributed by atoms with Crippen LogP contribution in [0, 0.1) is 0 Å². The lowest BCUT2D eigenvalue weighted by atomic mass is 9.78. The second-order valence-electron chi connectivity index (χ2n) is 6.31. The quantitative estimate of drug-likeness (QED) is 0.859. The van der Waals surface area contributed by atoms with Crippen LogP contribution in [0.2, 0.25) is 0 Å². The Morgan fingerprint density at radius 3 is 2.79 bits per heavy atom. The number of imidazole rings is 1. The van der Waals surface area contributed by atoms with Gasteiger partial charge in [-0.2, -0.15) is 13.2 Å². The average Bonchev–Trinajstić information content (AvgIpc) is 2.99. The molecule has 1 spiro atoms. The Balaban J connectivity index is 1.78. The average molecular weight is 343 g/mol. The van der Waals surface area contributed by atoms with E-state index in [1.165, 1.54) is 6.33 Å². The summed E-state index contributed by atoms with van der Waals surface area (Å²) in [6, 6.07) is 0. The highest BCUT2D eigenvalue weighted by molar-refractivity contribution is 5.83. The third-order valence-corrected chi connectivity index (χ3v) is 4.61. The zero-order valence-corrected chi connectivity index (χ0v) is 12.7. The maximum Gasteiger partial charge on any atom is 0.451 e. The van der Waals surface area contributed by atoms with E-state index in [0.717, 1.165) is 19.3 Å². The highest BCUT2D eigenvalue weighted by atomic mass is 19.4. The van der Waals surface area contributed by atoms with Gasteiger partial charge in [0.2, 0.25) is 5.82 Å². The van der Waals surface area contributed by atoms with Crippen LogP contribution in [-0.4, -0.2) is 56.4 Å². The zero-order valence-electron chi connectivity index (χ0n) is 12.7. The van der Waals surface area contributed by atoms with E-state index in [9.17, 15) is 18.3 Å². The maximum atomic E-state index is 13.1. The van der Waals surface area contributed by atoms with Gasteiger partial charge in [0.1, 0.15) is 5.52 Å². The Kier molecular flexibility index (Phi) is 3.43. The molecule has 1 saturated heterocycles. The molecule has 10 heteroatoms. The van der Waals surface area contributed by atoms with E-state index in [-0.39, 0.29) is 24.6 Å². The van der Waals surface area contributed by atoms with Crippen molar-refractivity contribution in [3.8, 4) is 0 Å². The van der Waals surface area contributed by atoms with Crippen LogP contribution in [0.4, 0.5) is 19.0 Å². The fourth-order valence-corrected chi connectivity index (χ4v) is 3.36. The standard InChI is InChI=1S/C14H16F3N5O2/c15-14(16,17)12-20-10-9(18-7-19-10)11(21-12)22-4-8(5-23)24-13(6-22)2-1-3-13/h7-8,23H,1-6H2,(H,18,19,20,21). The van der Waals surface area contributed by atoms with Crippen LogP contribution < -0.4 is 4.90 Å². The second-order valence-corrected chi connectivity index (χ2v) is 6.31. The summed E-state index contributed by atoms with van der Waals surface area (Å²) in [5.41, 5.74) is -0.0838. The van der Waals surface area contributed by atoms with Crippen molar-refractivity contribution in [2.45, 2.75) is 37.1 Å². The normalized spacial score (nSPS) is 23.7. The summed E-state index contributed by atoms with van der Waals surface area (Å²) in [7, 11) is 0. The summed E-state index contributed by atoms with van der Waals surface area (Å²) in [4.78, 5) is 15.6. The molecule has 2 aromatic heterocycles. The first-order valence-corrected chi connectivity index (χ1v) is 7.72. The van der Waals surface area contributed by atoms with Gasteiger partial charge in [-0.1, -0.05) is 0 Å². The van der Waals surface area contributed by atoms with Gasteiger partial charge in [0, 0.05) is 13.1 Å². The number of alkyl halides is 3. The number of hydrogen-bond donors (Lipinski definition) is 2. The summed E-state index contributed by atoms with van der Waals surface area (Å²) in [6.45, 7) is 0.508. The van der Waals surface area contributed by atoms with Crippen molar-refractivity contribution in [2.24, 2.45) is 0 Å². The number of nitrogens with one attached hydrogen (secondary N) is 1. The van der Waals surface area contributed by atoms with Gasteiger partial charge in [0.15, 0.2) is 11.5 Å². The number of halogens is 3. The molecule has 0 amide bonds. The van der Waals surface area contributed by atoms with Crippen LogP contribution in [0.25, 0.3) is 11.2 Å². The topological polar surface area (TPSA) is 87.2 Å². The molecule has 130 valence electrons. The molecular weight excluding hydrogens is 327 g/mol. The summed E-state index contributed by atoms with van der Waals surface area (Å²) < 4.78 is 45.2. The number of aliphatic hydroxyl groups excluding tert-OH is 1. The van der Waals surface area contributed by atoms with E-state index in [2.05, 4.69) is 19.9 Å². The predicted octanol–water partition coefficient (Wildman–Crippen LogP) is 1.49. The monoisotopic (exact) mass is 343 g/mol. The summed E-state index contributed by atoms with van der Waals surface area (Å²) in [6.07, 6.45) is -1.16. The maximum absolute atomic E-state index is 13.1.